The van der Waals surface area contributed by atoms with Crippen molar-refractivity contribution in [3.05, 3.63) is 54.7 Å². The maximum Gasteiger partial charge on any atom is 0.410 e. The molecule has 0 spiro atoms. The highest BCUT2D eigenvalue weighted by molar-refractivity contribution is 5.86. The number of amides is 1. The fourth-order valence-corrected chi connectivity index (χ4v) is 4.42. The first-order chi connectivity index (χ1) is 17.3. The molecule has 0 radical (unpaired) electrons. The van der Waals surface area contributed by atoms with Crippen molar-refractivity contribution >= 4 is 22.6 Å². The van der Waals surface area contributed by atoms with Crippen LogP contribution in [0.2, 0.25) is 0 Å². The lowest BCUT2D eigenvalue weighted by atomic mass is 9.92. The second-order valence-electron chi connectivity index (χ2n) is 10.1. The Labute approximate surface area is 210 Å². The topological polar surface area (TPSA) is 91.1 Å². The van der Waals surface area contributed by atoms with Crippen molar-refractivity contribution in [2.24, 2.45) is 0 Å². The molecule has 0 N–H and O–H groups in total. The van der Waals surface area contributed by atoms with Crippen LogP contribution in [0.25, 0.3) is 28.1 Å². The van der Waals surface area contributed by atoms with Gasteiger partial charge in [-0.1, -0.05) is 24.3 Å². The molecule has 3 aromatic heterocycles. The summed E-state index contributed by atoms with van der Waals surface area (Å²) in [6, 6.07) is 15.6. The van der Waals surface area contributed by atoms with E-state index in [4.69, 9.17) is 19.2 Å². The van der Waals surface area contributed by atoms with Crippen LogP contribution in [0.15, 0.2) is 54.7 Å². The summed E-state index contributed by atoms with van der Waals surface area (Å²) >= 11 is 0. The van der Waals surface area contributed by atoms with E-state index < -0.39 is 11.2 Å². The van der Waals surface area contributed by atoms with E-state index in [0.29, 0.717) is 49.8 Å². The van der Waals surface area contributed by atoms with Crippen molar-refractivity contribution in [1.29, 1.82) is 0 Å². The zero-order valence-electron chi connectivity index (χ0n) is 21.1. The Morgan fingerprint density at radius 3 is 2.58 bits per heavy atom. The molecule has 1 aromatic carbocycles. The van der Waals surface area contributed by atoms with Crippen LogP contribution in [0.5, 0.6) is 5.75 Å². The van der Waals surface area contributed by atoms with Gasteiger partial charge >= 0.3 is 6.09 Å². The van der Waals surface area contributed by atoms with E-state index in [1.54, 1.807) is 12.0 Å². The number of nitrogens with zero attached hydrogens (tertiary/aromatic N) is 5. The summed E-state index contributed by atoms with van der Waals surface area (Å²) in [5, 5.41) is 9.55. The Morgan fingerprint density at radius 2 is 1.83 bits per heavy atom. The summed E-state index contributed by atoms with van der Waals surface area (Å²) < 4.78 is 19.7. The molecule has 9 heteroatoms. The van der Waals surface area contributed by atoms with Gasteiger partial charge in [-0.05, 0) is 57.9 Å². The van der Waals surface area contributed by atoms with E-state index in [1.807, 2.05) is 79.9 Å². The lowest BCUT2D eigenvalue weighted by Crippen LogP contribution is -2.51. The van der Waals surface area contributed by atoms with Gasteiger partial charge in [-0.25, -0.2) is 9.78 Å². The highest BCUT2D eigenvalue weighted by atomic mass is 16.6. The first-order valence-electron chi connectivity index (χ1n) is 12.1. The number of hydrogen-bond donors (Lipinski definition) is 0. The van der Waals surface area contributed by atoms with Crippen LogP contribution in [-0.4, -0.2) is 68.6 Å². The second-order valence-corrected chi connectivity index (χ2v) is 10.1. The first-order valence-corrected chi connectivity index (χ1v) is 12.1. The number of likely N-dealkylation sites (tertiary alicyclic amines) is 1. The number of aromatic nitrogens is 4. The van der Waals surface area contributed by atoms with Crippen LogP contribution in [-0.2, 0) is 9.47 Å². The molecule has 5 rings (SSSR count). The van der Waals surface area contributed by atoms with Crippen molar-refractivity contribution in [2.45, 2.75) is 44.8 Å². The Balaban J connectivity index is 1.34. The van der Waals surface area contributed by atoms with Crippen LogP contribution in [0, 0.1) is 0 Å². The van der Waals surface area contributed by atoms with Gasteiger partial charge < -0.3 is 19.1 Å². The zero-order chi connectivity index (χ0) is 25.3. The lowest BCUT2D eigenvalue weighted by molar-refractivity contribution is -0.0833. The molecule has 0 aliphatic carbocycles. The number of benzene rings is 1. The number of fused-ring (bicyclic) bond motifs is 2. The standard InChI is InChI=1S/C27H31N5O4/c1-26(2,3)36-25(33)31-16-13-27(34-4,14-17-31)18-35-21-9-7-8-19-11-12-20(28-23(19)21)24-30-29-22-10-5-6-15-32(22)24/h5-12,15H,13-14,16-18H2,1-4H3. The average Bonchev–Trinajstić information content (AvgIpc) is 3.31. The number of carbonyl (C=O) groups excluding carboxylic acids is 1. The molecule has 0 unspecified atom stereocenters. The van der Waals surface area contributed by atoms with E-state index in [0.717, 1.165) is 16.6 Å². The van der Waals surface area contributed by atoms with Gasteiger partial charge in [-0.3, -0.25) is 4.40 Å². The minimum atomic E-state index is -0.519. The molecule has 0 saturated carbocycles. The minimum absolute atomic E-state index is 0.292. The molecule has 9 nitrogen and oxygen atoms in total. The van der Waals surface area contributed by atoms with Crippen LogP contribution in [0.4, 0.5) is 4.79 Å². The number of ether oxygens (including phenoxy) is 3. The molecular formula is C27H31N5O4. The van der Waals surface area contributed by atoms with Crippen molar-refractivity contribution in [2.75, 3.05) is 26.8 Å². The molecule has 1 amide bonds. The summed E-state index contributed by atoms with van der Waals surface area (Å²) in [5.74, 6) is 1.35. The molecule has 1 saturated heterocycles. The zero-order valence-corrected chi connectivity index (χ0v) is 21.1. The van der Waals surface area contributed by atoms with Crippen LogP contribution < -0.4 is 4.74 Å². The van der Waals surface area contributed by atoms with Gasteiger partial charge in [-0.15, -0.1) is 10.2 Å². The molecule has 188 valence electrons. The van der Waals surface area contributed by atoms with Gasteiger partial charge in [0, 0.05) is 31.8 Å². The van der Waals surface area contributed by atoms with Gasteiger partial charge in [0.05, 0.1) is 0 Å². The van der Waals surface area contributed by atoms with Crippen molar-refractivity contribution in [3.63, 3.8) is 0 Å². The highest BCUT2D eigenvalue weighted by Crippen LogP contribution is 2.31. The normalized spacial score (nSPS) is 15.8. The summed E-state index contributed by atoms with van der Waals surface area (Å²) in [6.07, 6.45) is 2.93. The molecule has 1 aliphatic rings. The van der Waals surface area contributed by atoms with E-state index >= 15 is 0 Å². The van der Waals surface area contributed by atoms with Crippen LogP contribution in [0.3, 0.4) is 0 Å². The molecule has 4 heterocycles. The minimum Gasteiger partial charge on any atom is -0.488 e. The van der Waals surface area contributed by atoms with E-state index in [1.165, 1.54) is 0 Å². The van der Waals surface area contributed by atoms with Crippen molar-refractivity contribution in [3.8, 4) is 17.3 Å². The second kappa shape index (κ2) is 9.39. The largest absolute Gasteiger partial charge is 0.488 e. The fourth-order valence-electron chi connectivity index (χ4n) is 4.42. The van der Waals surface area contributed by atoms with Gasteiger partial charge in [0.15, 0.2) is 11.5 Å². The maximum absolute atomic E-state index is 12.5. The van der Waals surface area contributed by atoms with Gasteiger partial charge in [0.1, 0.15) is 34.8 Å². The van der Waals surface area contributed by atoms with Crippen LogP contribution in [0.1, 0.15) is 33.6 Å². The van der Waals surface area contributed by atoms with Crippen molar-refractivity contribution < 1.29 is 19.0 Å². The summed E-state index contributed by atoms with van der Waals surface area (Å²) in [5.41, 5.74) is 1.21. The van der Waals surface area contributed by atoms with E-state index in [-0.39, 0.29) is 6.09 Å². The number of rotatable bonds is 5. The lowest BCUT2D eigenvalue weighted by Gasteiger charge is -2.40. The Kier molecular flexibility index (Phi) is 6.26. The van der Waals surface area contributed by atoms with Gasteiger partial charge in [0.25, 0.3) is 0 Å². The summed E-state index contributed by atoms with van der Waals surface area (Å²) in [4.78, 5) is 19.1. The number of piperidine rings is 1. The molecule has 4 aromatic rings. The third-order valence-corrected chi connectivity index (χ3v) is 6.48. The number of carbonyl (C=O) groups is 1. The monoisotopic (exact) mass is 489 g/mol. The van der Waals surface area contributed by atoms with Gasteiger partial charge in [-0.2, -0.15) is 0 Å². The molecule has 36 heavy (non-hydrogen) atoms. The maximum atomic E-state index is 12.5. The quantitative estimate of drug-likeness (QED) is 0.400. The number of pyridine rings is 2. The Morgan fingerprint density at radius 1 is 1.03 bits per heavy atom. The summed E-state index contributed by atoms with van der Waals surface area (Å²) in [6.45, 7) is 7.06. The molecular weight excluding hydrogens is 458 g/mol. The molecule has 0 bridgehead atoms. The fraction of sp³-hybridized carbons (Fsp3) is 0.407. The highest BCUT2D eigenvalue weighted by Gasteiger charge is 2.38. The molecule has 0 atom stereocenters. The molecule has 1 aliphatic heterocycles. The third kappa shape index (κ3) is 4.83. The smallest absolute Gasteiger partial charge is 0.410 e. The third-order valence-electron chi connectivity index (χ3n) is 6.48. The molecule has 1 fully saturated rings. The number of hydrogen-bond acceptors (Lipinski definition) is 7. The predicted octanol–water partition coefficient (Wildman–Crippen LogP) is 4.74. The van der Waals surface area contributed by atoms with E-state index in [9.17, 15) is 4.79 Å². The first kappa shape index (κ1) is 24.0. The SMILES string of the molecule is COC1(COc2cccc3ccc(-c4nnc5ccccn45)nc23)CCN(C(=O)OC(C)(C)C)CC1. The van der Waals surface area contributed by atoms with Crippen LogP contribution >= 0.6 is 0 Å². The number of para-hydroxylation sites is 1. The number of methoxy groups -OCH3 is 1. The van der Waals surface area contributed by atoms with E-state index in [2.05, 4.69) is 10.2 Å². The summed E-state index contributed by atoms with van der Waals surface area (Å²) in [7, 11) is 1.70. The predicted molar refractivity (Wildman–Crippen MR) is 136 cm³/mol. The van der Waals surface area contributed by atoms with Gasteiger partial charge in [0.2, 0.25) is 0 Å². The Hall–Kier alpha value is -3.72. The average molecular weight is 490 g/mol. The Bertz CT molecular complexity index is 1390. The van der Waals surface area contributed by atoms with Crippen molar-refractivity contribution in [1.82, 2.24) is 24.5 Å².